The molecule has 0 saturated heterocycles. The topological polar surface area (TPSA) is 90.6 Å². The van der Waals surface area contributed by atoms with Crippen molar-refractivity contribution < 1.29 is 19.1 Å². The van der Waals surface area contributed by atoms with Gasteiger partial charge >= 0.3 is 5.97 Å². The van der Waals surface area contributed by atoms with Gasteiger partial charge in [-0.1, -0.05) is 19.9 Å². The Balaban J connectivity index is 2.41. The first-order valence-corrected chi connectivity index (χ1v) is 6.79. The Morgan fingerprint density at radius 2 is 2.05 bits per heavy atom. The SMILES string of the molecule is COC(=O)C(NC(=O)CCOc1cccc(N)c1)C(C)C. The van der Waals surface area contributed by atoms with Crippen LogP contribution in [-0.2, 0) is 14.3 Å². The summed E-state index contributed by atoms with van der Waals surface area (Å²) in [6, 6.07) is 6.33. The van der Waals surface area contributed by atoms with Gasteiger partial charge in [0.15, 0.2) is 0 Å². The van der Waals surface area contributed by atoms with E-state index in [-0.39, 0.29) is 24.9 Å². The summed E-state index contributed by atoms with van der Waals surface area (Å²) in [4.78, 5) is 23.4. The van der Waals surface area contributed by atoms with E-state index in [2.05, 4.69) is 10.1 Å². The van der Waals surface area contributed by atoms with Gasteiger partial charge < -0.3 is 20.5 Å². The minimum atomic E-state index is -0.644. The molecule has 1 unspecified atom stereocenters. The fourth-order valence-electron chi connectivity index (χ4n) is 1.74. The predicted molar refractivity (Wildman–Crippen MR) is 79.8 cm³/mol. The van der Waals surface area contributed by atoms with Crippen molar-refractivity contribution >= 4 is 17.6 Å². The van der Waals surface area contributed by atoms with Gasteiger partial charge in [-0.05, 0) is 18.1 Å². The van der Waals surface area contributed by atoms with Gasteiger partial charge in [-0.2, -0.15) is 0 Å². The van der Waals surface area contributed by atoms with E-state index >= 15 is 0 Å². The third kappa shape index (κ3) is 5.72. The van der Waals surface area contributed by atoms with Crippen LogP contribution in [0.4, 0.5) is 5.69 Å². The Hall–Kier alpha value is -2.24. The average Bonchev–Trinajstić information content (AvgIpc) is 2.43. The number of hydrogen-bond donors (Lipinski definition) is 2. The fraction of sp³-hybridized carbons (Fsp3) is 0.467. The highest BCUT2D eigenvalue weighted by Gasteiger charge is 2.24. The molecule has 1 rings (SSSR count). The number of esters is 1. The summed E-state index contributed by atoms with van der Waals surface area (Å²) < 4.78 is 10.1. The molecule has 21 heavy (non-hydrogen) atoms. The molecule has 116 valence electrons. The van der Waals surface area contributed by atoms with Crippen LogP contribution in [0.25, 0.3) is 0 Å². The Kier molecular flexibility index (Phi) is 6.52. The van der Waals surface area contributed by atoms with E-state index in [0.717, 1.165) is 0 Å². The summed E-state index contributed by atoms with van der Waals surface area (Å²) in [5.74, 6) is -0.148. The number of nitrogens with one attached hydrogen (secondary N) is 1. The van der Waals surface area contributed by atoms with E-state index in [9.17, 15) is 9.59 Å². The maximum absolute atomic E-state index is 11.8. The van der Waals surface area contributed by atoms with Crippen LogP contribution < -0.4 is 15.8 Å². The number of nitrogen functional groups attached to an aromatic ring is 1. The van der Waals surface area contributed by atoms with Gasteiger partial charge in [-0.25, -0.2) is 4.79 Å². The number of anilines is 1. The fourth-order valence-corrected chi connectivity index (χ4v) is 1.74. The van der Waals surface area contributed by atoms with Crippen LogP contribution in [0, 0.1) is 5.92 Å². The monoisotopic (exact) mass is 294 g/mol. The van der Waals surface area contributed by atoms with E-state index < -0.39 is 12.0 Å². The summed E-state index contributed by atoms with van der Waals surface area (Å²) >= 11 is 0. The molecule has 1 aromatic carbocycles. The number of nitrogens with two attached hydrogens (primary N) is 1. The molecule has 0 aliphatic rings. The normalized spacial score (nSPS) is 11.8. The molecule has 0 aromatic heterocycles. The molecule has 1 amide bonds. The Bertz CT molecular complexity index is 488. The molecule has 0 bridgehead atoms. The number of ether oxygens (including phenoxy) is 2. The summed E-state index contributed by atoms with van der Waals surface area (Å²) in [6.45, 7) is 3.89. The van der Waals surface area contributed by atoms with Crippen molar-refractivity contribution in [3.8, 4) is 5.75 Å². The minimum Gasteiger partial charge on any atom is -0.493 e. The predicted octanol–water partition coefficient (Wildman–Crippen LogP) is 1.35. The van der Waals surface area contributed by atoms with Gasteiger partial charge in [0.25, 0.3) is 0 Å². The van der Waals surface area contributed by atoms with Crippen LogP contribution in [0.2, 0.25) is 0 Å². The molecular weight excluding hydrogens is 272 g/mol. The number of carbonyl (C=O) groups is 2. The minimum absolute atomic E-state index is 0.0451. The van der Waals surface area contributed by atoms with Crippen molar-refractivity contribution in [2.24, 2.45) is 5.92 Å². The average molecular weight is 294 g/mol. The maximum atomic E-state index is 11.8. The van der Waals surface area contributed by atoms with Crippen LogP contribution in [0.3, 0.4) is 0 Å². The molecule has 1 atom stereocenters. The lowest BCUT2D eigenvalue weighted by molar-refractivity contribution is -0.146. The molecule has 0 fully saturated rings. The van der Waals surface area contributed by atoms with Gasteiger partial charge in [0.1, 0.15) is 11.8 Å². The van der Waals surface area contributed by atoms with Crippen molar-refractivity contribution in [1.82, 2.24) is 5.32 Å². The number of methoxy groups -OCH3 is 1. The molecule has 0 heterocycles. The molecule has 1 aromatic rings. The molecule has 0 spiro atoms. The largest absolute Gasteiger partial charge is 0.493 e. The second-order valence-corrected chi connectivity index (χ2v) is 4.98. The second kappa shape index (κ2) is 8.14. The van der Waals surface area contributed by atoms with Crippen molar-refractivity contribution in [3.05, 3.63) is 24.3 Å². The second-order valence-electron chi connectivity index (χ2n) is 4.98. The molecule has 0 radical (unpaired) electrons. The van der Waals surface area contributed by atoms with Gasteiger partial charge in [0.05, 0.1) is 20.1 Å². The van der Waals surface area contributed by atoms with Crippen LogP contribution in [-0.4, -0.2) is 31.6 Å². The summed E-state index contributed by atoms with van der Waals surface area (Å²) in [7, 11) is 1.30. The number of rotatable bonds is 7. The van der Waals surface area contributed by atoms with Gasteiger partial charge in [0.2, 0.25) is 5.91 Å². The third-order valence-corrected chi connectivity index (χ3v) is 2.89. The Morgan fingerprint density at radius 1 is 1.33 bits per heavy atom. The van der Waals surface area contributed by atoms with Crippen molar-refractivity contribution in [3.63, 3.8) is 0 Å². The van der Waals surface area contributed by atoms with E-state index in [1.165, 1.54) is 7.11 Å². The Labute approximate surface area is 124 Å². The lowest BCUT2D eigenvalue weighted by Gasteiger charge is -2.19. The number of benzene rings is 1. The molecule has 6 nitrogen and oxygen atoms in total. The zero-order valence-electron chi connectivity index (χ0n) is 12.6. The van der Waals surface area contributed by atoms with Crippen LogP contribution >= 0.6 is 0 Å². The summed E-state index contributed by atoms with van der Waals surface area (Å²) in [5.41, 5.74) is 6.23. The first-order valence-electron chi connectivity index (χ1n) is 6.79. The maximum Gasteiger partial charge on any atom is 0.328 e. The van der Waals surface area contributed by atoms with Gasteiger partial charge in [-0.3, -0.25) is 4.79 Å². The lowest BCUT2D eigenvalue weighted by Crippen LogP contribution is -2.45. The molecule has 0 aliphatic heterocycles. The zero-order chi connectivity index (χ0) is 15.8. The quantitative estimate of drug-likeness (QED) is 0.585. The number of hydrogen-bond acceptors (Lipinski definition) is 5. The third-order valence-electron chi connectivity index (χ3n) is 2.89. The highest BCUT2D eigenvalue weighted by Crippen LogP contribution is 2.14. The van der Waals surface area contributed by atoms with Crippen LogP contribution in [0.15, 0.2) is 24.3 Å². The van der Waals surface area contributed by atoms with E-state index in [1.54, 1.807) is 24.3 Å². The zero-order valence-corrected chi connectivity index (χ0v) is 12.6. The number of carbonyl (C=O) groups excluding carboxylic acids is 2. The molecular formula is C15H22N2O4. The molecule has 0 aliphatic carbocycles. The highest BCUT2D eigenvalue weighted by molar-refractivity contribution is 5.84. The van der Waals surface area contributed by atoms with E-state index in [4.69, 9.17) is 10.5 Å². The van der Waals surface area contributed by atoms with Crippen molar-refractivity contribution in [1.29, 1.82) is 0 Å². The molecule has 3 N–H and O–H groups in total. The van der Waals surface area contributed by atoms with E-state index in [1.807, 2.05) is 13.8 Å². The first-order chi connectivity index (χ1) is 9.93. The highest BCUT2D eigenvalue weighted by atomic mass is 16.5. The lowest BCUT2D eigenvalue weighted by atomic mass is 10.0. The van der Waals surface area contributed by atoms with Crippen LogP contribution in [0.5, 0.6) is 5.75 Å². The van der Waals surface area contributed by atoms with Crippen LogP contribution in [0.1, 0.15) is 20.3 Å². The smallest absolute Gasteiger partial charge is 0.328 e. The van der Waals surface area contributed by atoms with Gasteiger partial charge in [0, 0.05) is 11.8 Å². The first kappa shape index (κ1) is 16.8. The standard InChI is InChI=1S/C15H22N2O4/c1-10(2)14(15(19)20-3)17-13(18)7-8-21-12-6-4-5-11(16)9-12/h4-6,9-10,14H,7-8,16H2,1-3H3,(H,17,18). The molecule has 6 heteroatoms. The van der Waals surface area contributed by atoms with Gasteiger partial charge in [-0.15, -0.1) is 0 Å². The van der Waals surface area contributed by atoms with E-state index in [0.29, 0.717) is 11.4 Å². The Morgan fingerprint density at radius 3 is 2.62 bits per heavy atom. The molecule has 0 saturated carbocycles. The summed E-state index contributed by atoms with van der Waals surface area (Å²) in [6.07, 6.45) is 0.148. The summed E-state index contributed by atoms with van der Waals surface area (Å²) in [5, 5.41) is 2.65. The number of amides is 1. The van der Waals surface area contributed by atoms with Crippen molar-refractivity contribution in [2.45, 2.75) is 26.3 Å². The van der Waals surface area contributed by atoms with Crippen molar-refractivity contribution in [2.75, 3.05) is 19.5 Å².